The largest absolute Gasteiger partial charge is 0.275 e. The summed E-state index contributed by atoms with van der Waals surface area (Å²) in [6.45, 7) is 2.39. The van der Waals surface area contributed by atoms with Crippen molar-refractivity contribution in [1.82, 2.24) is 0 Å². The SMILES string of the molecule is CCCC12C([P+]1(c1ccccc1)c1ccccc1)[P+]2(c1ccccc1)c1ccccc1. The molecule has 0 radical (unpaired) electrons. The normalized spacial score (nSPS) is 24.2. The minimum Gasteiger partial charge on any atom is -0.0651 e. The van der Waals surface area contributed by atoms with Gasteiger partial charge in [-0.1, -0.05) is 79.7 Å². The highest BCUT2D eigenvalue weighted by molar-refractivity contribution is 8.32. The highest BCUT2D eigenvalue weighted by Gasteiger charge is 3.22. The average molecular weight is 438 g/mol. The van der Waals surface area contributed by atoms with E-state index in [9.17, 15) is 0 Å². The molecule has 0 atom stereocenters. The van der Waals surface area contributed by atoms with E-state index in [-0.39, 0.29) is 0 Å². The second-order valence-electron chi connectivity index (χ2n) is 8.79. The van der Waals surface area contributed by atoms with Crippen LogP contribution in [0.1, 0.15) is 19.8 Å². The van der Waals surface area contributed by atoms with E-state index in [4.69, 9.17) is 0 Å². The summed E-state index contributed by atoms with van der Waals surface area (Å²) in [7, 11) is -2.88. The van der Waals surface area contributed by atoms with Crippen molar-refractivity contribution < 1.29 is 0 Å². The van der Waals surface area contributed by atoms with E-state index in [1.807, 2.05) is 0 Å². The second-order valence-corrected chi connectivity index (χ2v) is 17.1. The second kappa shape index (κ2) is 7.13. The Hall–Kier alpha value is -2.26. The van der Waals surface area contributed by atoms with Gasteiger partial charge in [-0.15, -0.1) is 0 Å². The van der Waals surface area contributed by atoms with E-state index in [0.717, 1.165) is 5.40 Å². The van der Waals surface area contributed by atoms with Gasteiger partial charge in [0.15, 0.2) is 14.5 Å². The summed E-state index contributed by atoms with van der Waals surface area (Å²) in [5, 5.41) is 7.25. The van der Waals surface area contributed by atoms with Crippen molar-refractivity contribution in [3.8, 4) is 0 Å². The Balaban J connectivity index is 1.63. The van der Waals surface area contributed by atoms with Gasteiger partial charge in [-0.05, 0) is 55.0 Å². The molecule has 2 saturated heterocycles. The molecule has 2 fully saturated rings. The van der Waals surface area contributed by atoms with Crippen LogP contribution in [0, 0.1) is 0 Å². The van der Waals surface area contributed by atoms with Crippen LogP contribution in [-0.2, 0) is 0 Å². The van der Waals surface area contributed by atoms with Gasteiger partial charge in [-0.25, -0.2) is 0 Å². The molecular formula is C29H28P2+2. The molecule has 0 aliphatic carbocycles. The molecule has 2 aliphatic heterocycles. The number of hydrogen-bond acceptors (Lipinski definition) is 0. The average Bonchev–Trinajstić information content (AvgIpc) is 3.69. The molecule has 0 saturated carbocycles. The van der Waals surface area contributed by atoms with Gasteiger partial charge in [-0.3, -0.25) is 0 Å². The maximum atomic E-state index is 2.43. The molecule has 2 heterocycles. The van der Waals surface area contributed by atoms with E-state index in [1.165, 1.54) is 12.8 Å². The highest BCUT2D eigenvalue weighted by Crippen LogP contribution is 3.25. The summed E-state index contributed by atoms with van der Waals surface area (Å²) in [6, 6.07) is 46.1. The fourth-order valence-electron chi connectivity index (χ4n) is 6.59. The lowest BCUT2D eigenvalue weighted by Crippen LogP contribution is -2.32. The van der Waals surface area contributed by atoms with Gasteiger partial charge < -0.3 is 0 Å². The molecule has 0 nitrogen and oxygen atoms in total. The van der Waals surface area contributed by atoms with Crippen molar-refractivity contribution >= 4 is 35.7 Å². The first-order valence-corrected chi connectivity index (χ1v) is 15.1. The number of fused-ring (bicyclic) bond motifs is 1. The van der Waals surface area contributed by atoms with Crippen LogP contribution in [0.25, 0.3) is 0 Å². The Bertz CT molecular complexity index is 1020. The molecule has 0 spiro atoms. The Labute approximate surface area is 187 Å². The van der Waals surface area contributed by atoms with Gasteiger partial charge in [0.05, 0.1) is 0 Å². The molecule has 0 aromatic heterocycles. The Morgan fingerprint density at radius 3 is 1.06 bits per heavy atom. The lowest BCUT2D eigenvalue weighted by atomic mass is 10.3. The molecule has 0 unspecified atom stereocenters. The molecule has 0 amide bonds. The van der Waals surface area contributed by atoms with Crippen LogP contribution in [0.4, 0.5) is 0 Å². The summed E-state index contributed by atoms with van der Waals surface area (Å²) in [4.78, 5) is 0.431. The Morgan fingerprint density at radius 2 is 0.806 bits per heavy atom. The van der Waals surface area contributed by atoms with E-state index in [1.54, 1.807) is 21.2 Å². The third kappa shape index (κ3) is 2.28. The first-order chi connectivity index (χ1) is 15.3. The zero-order valence-corrected chi connectivity index (χ0v) is 19.7. The van der Waals surface area contributed by atoms with Crippen molar-refractivity contribution in [2.24, 2.45) is 0 Å². The molecule has 4 aromatic carbocycles. The summed E-state index contributed by atoms with van der Waals surface area (Å²) in [6.07, 6.45) is 2.58. The Morgan fingerprint density at radius 1 is 0.516 bits per heavy atom. The van der Waals surface area contributed by atoms with Crippen LogP contribution in [0.2, 0.25) is 0 Å². The highest BCUT2D eigenvalue weighted by atomic mass is 31.3. The third-order valence-corrected chi connectivity index (χ3v) is 21.5. The smallest absolute Gasteiger partial charge is 0.0651 e. The predicted molar refractivity (Wildman–Crippen MR) is 140 cm³/mol. The topological polar surface area (TPSA) is 0 Å². The van der Waals surface area contributed by atoms with Crippen LogP contribution in [-0.4, -0.2) is 10.3 Å². The first kappa shape index (κ1) is 19.4. The molecule has 31 heavy (non-hydrogen) atoms. The molecule has 4 aromatic rings. The van der Waals surface area contributed by atoms with E-state index < -0.39 is 14.5 Å². The lowest BCUT2D eigenvalue weighted by molar-refractivity contribution is 0.815. The van der Waals surface area contributed by atoms with Gasteiger partial charge in [0.25, 0.3) is 10.3 Å². The van der Waals surface area contributed by atoms with Crippen LogP contribution < -0.4 is 21.2 Å². The molecule has 152 valence electrons. The molecule has 2 aliphatic rings. The van der Waals surface area contributed by atoms with Crippen LogP contribution in [0.15, 0.2) is 121 Å². The van der Waals surface area contributed by atoms with E-state index >= 15 is 0 Å². The quantitative estimate of drug-likeness (QED) is 0.316. The minimum absolute atomic E-state index is 0.431. The van der Waals surface area contributed by atoms with E-state index in [0.29, 0.717) is 4.90 Å². The van der Waals surface area contributed by atoms with Gasteiger partial charge in [-0.2, -0.15) is 0 Å². The first-order valence-electron chi connectivity index (χ1n) is 11.4. The summed E-state index contributed by atoms with van der Waals surface area (Å²) < 4.78 is 0. The van der Waals surface area contributed by atoms with Crippen LogP contribution >= 0.6 is 14.5 Å². The van der Waals surface area contributed by atoms with Crippen molar-refractivity contribution in [1.29, 1.82) is 0 Å². The van der Waals surface area contributed by atoms with Gasteiger partial charge in [0.2, 0.25) is 0 Å². The molecule has 0 N–H and O–H groups in total. The van der Waals surface area contributed by atoms with Crippen LogP contribution in [0.5, 0.6) is 0 Å². The van der Waals surface area contributed by atoms with Gasteiger partial charge in [0, 0.05) is 6.42 Å². The minimum atomic E-state index is -1.44. The zero-order valence-electron chi connectivity index (χ0n) is 17.9. The standard InChI is InChI=1S/C29H28P2/c1-2-23-29-28(30(29,24-15-7-3-8-16-24)25-17-9-4-10-18-25)31(29,26-19-11-5-12-20-26)27-21-13-6-14-22-27/h3-22,28H,2,23H2,1H3/q+2. The maximum Gasteiger partial charge on any atom is 0.275 e. The summed E-state index contributed by atoms with van der Waals surface area (Å²) in [5.74, 6) is 0. The van der Waals surface area contributed by atoms with Crippen molar-refractivity contribution in [2.45, 2.75) is 30.1 Å². The lowest BCUT2D eigenvalue weighted by Gasteiger charge is -2.27. The van der Waals surface area contributed by atoms with Gasteiger partial charge in [0.1, 0.15) is 21.2 Å². The Kier molecular flexibility index (Phi) is 4.47. The molecule has 2 heteroatoms. The molecule has 0 bridgehead atoms. The fourth-order valence-corrected chi connectivity index (χ4v) is 26.1. The zero-order chi connectivity index (χ0) is 20.9. The van der Waals surface area contributed by atoms with Crippen molar-refractivity contribution in [3.63, 3.8) is 0 Å². The predicted octanol–water partition coefficient (Wildman–Crippen LogP) is 6.17. The van der Waals surface area contributed by atoms with Gasteiger partial charge >= 0.3 is 0 Å². The summed E-state index contributed by atoms with van der Waals surface area (Å²) >= 11 is 0. The molecular weight excluding hydrogens is 410 g/mol. The van der Waals surface area contributed by atoms with Crippen molar-refractivity contribution in [2.75, 3.05) is 0 Å². The number of hydrogen-bond donors (Lipinski definition) is 0. The van der Waals surface area contributed by atoms with Crippen molar-refractivity contribution in [3.05, 3.63) is 121 Å². The fraction of sp³-hybridized carbons (Fsp3) is 0.172. The van der Waals surface area contributed by atoms with E-state index in [2.05, 4.69) is 128 Å². The maximum absolute atomic E-state index is 2.43. The molecule has 6 rings (SSSR count). The summed E-state index contributed by atoms with van der Waals surface area (Å²) in [5.41, 5.74) is 0. The number of benzene rings is 4. The van der Waals surface area contributed by atoms with Crippen LogP contribution in [0.3, 0.4) is 0 Å². The monoisotopic (exact) mass is 438 g/mol. The number of rotatable bonds is 6. The third-order valence-electron chi connectivity index (χ3n) is 7.51.